The predicted octanol–water partition coefficient (Wildman–Crippen LogP) is 5.25. The number of aromatic nitrogens is 1. The lowest BCUT2D eigenvalue weighted by Crippen LogP contribution is -2.43. The highest BCUT2D eigenvalue weighted by Gasteiger charge is 2.41. The van der Waals surface area contributed by atoms with Gasteiger partial charge in [0, 0.05) is 10.6 Å². The summed E-state index contributed by atoms with van der Waals surface area (Å²) in [4.78, 5) is 20.7. The molecule has 0 radical (unpaired) electrons. The fourth-order valence-electron chi connectivity index (χ4n) is 4.87. The van der Waals surface area contributed by atoms with Crippen LogP contribution in [0.15, 0.2) is 33.6 Å². The van der Waals surface area contributed by atoms with E-state index >= 15 is 0 Å². The largest absolute Gasteiger partial charge is 0.428 e. The van der Waals surface area contributed by atoms with Crippen LogP contribution in [0.4, 0.5) is 11.7 Å². The maximum absolute atomic E-state index is 13.1. The Morgan fingerprint density at radius 1 is 1.13 bits per heavy atom. The van der Waals surface area contributed by atoms with Gasteiger partial charge in [-0.2, -0.15) is 4.98 Å². The van der Waals surface area contributed by atoms with E-state index in [9.17, 15) is 4.79 Å². The molecule has 30 heavy (non-hydrogen) atoms. The predicted molar refractivity (Wildman–Crippen MR) is 122 cm³/mol. The smallest absolute Gasteiger partial charge is 0.305 e. The first-order valence-corrected chi connectivity index (χ1v) is 11.8. The molecule has 1 aliphatic carbocycles. The lowest BCUT2D eigenvalue weighted by molar-refractivity contribution is -0.121. The Morgan fingerprint density at radius 3 is 2.53 bits per heavy atom. The minimum Gasteiger partial charge on any atom is -0.428 e. The van der Waals surface area contributed by atoms with E-state index in [0.717, 1.165) is 35.0 Å². The zero-order chi connectivity index (χ0) is 21.1. The Labute approximate surface area is 183 Å². The number of hydrogen-bond acceptors (Lipinski definition) is 6. The third kappa shape index (κ3) is 4.83. The summed E-state index contributed by atoms with van der Waals surface area (Å²) in [7, 11) is 2.09. The van der Waals surface area contributed by atoms with Crippen LogP contribution in [0.1, 0.15) is 50.0 Å². The molecule has 1 amide bonds. The number of nitrogens with zero attached hydrogens (tertiary/aromatic N) is 2. The maximum Gasteiger partial charge on any atom is 0.305 e. The average Bonchev–Trinajstić information content (AvgIpc) is 3.30. The van der Waals surface area contributed by atoms with Crippen molar-refractivity contribution in [2.45, 2.75) is 63.3 Å². The lowest BCUT2D eigenvalue weighted by atomic mass is 9.76. The molecule has 6 nitrogen and oxygen atoms in total. The van der Waals surface area contributed by atoms with E-state index in [4.69, 9.17) is 4.42 Å². The first-order chi connectivity index (χ1) is 14.5. The molecule has 2 N–H and O–H groups in total. The zero-order valence-corrected chi connectivity index (χ0v) is 18.9. The maximum atomic E-state index is 13.1. The highest BCUT2D eigenvalue weighted by molar-refractivity contribution is 8.00. The molecule has 1 aromatic carbocycles. The van der Waals surface area contributed by atoms with Gasteiger partial charge in [0.1, 0.15) is 5.76 Å². The van der Waals surface area contributed by atoms with Gasteiger partial charge < -0.3 is 9.73 Å². The molecule has 0 spiro atoms. The molecule has 7 heteroatoms. The van der Waals surface area contributed by atoms with Gasteiger partial charge in [-0.25, -0.2) is 0 Å². The van der Waals surface area contributed by atoms with Gasteiger partial charge in [-0.1, -0.05) is 32.1 Å². The molecule has 2 aromatic rings. The highest BCUT2D eigenvalue weighted by atomic mass is 32.2. The van der Waals surface area contributed by atoms with Crippen molar-refractivity contribution in [3.63, 3.8) is 0 Å². The monoisotopic (exact) mass is 428 g/mol. The van der Waals surface area contributed by atoms with E-state index in [2.05, 4.69) is 27.0 Å². The van der Waals surface area contributed by atoms with E-state index < -0.39 is 0 Å². The summed E-state index contributed by atoms with van der Waals surface area (Å²) in [6.45, 7) is 4.84. The van der Waals surface area contributed by atoms with Gasteiger partial charge in [-0.3, -0.25) is 14.4 Å². The quantitative estimate of drug-likeness (QED) is 0.613. The van der Waals surface area contributed by atoms with E-state index in [0.29, 0.717) is 17.9 Å². The van der Waals surface area contributed by atoms with Crippen LogP contribution in [0.3, 0.4) is 0 Å². The third-order valence-corrected chi connectivity index (χ3v) is 7.41. The molecule has 0 bridgehead atoms. The van der Waals surface area contributed by atoms with E-state index in [1.807, 2.05) is 38.1 Å². The van der Waals surface area contributed by atoms with Crippen LogP contribution in [0.5, 0.6) is 0 Å². The number of likely N-dealkylation sites (N-methyl/N-ethyl adjacent to an activating group) is 1. The molecular weight excluding hydrogens is 396 g/mol. The summed E-state index contributed by atoms with van der Waals surface area (Å²) in [6.07, 6.45) is 7.69. The fraction of sp³-hybridized carbons (Fsp3) is 0.565. The minimum atomic E-state index is -0.0136. The molecule has 1 saturated carbocycles. The molecule has 2 fully saturated rings. The number of aryl methyl sites for hydroxylation is 2. The second-order valence-corrected chi connectivity index (χ2v) is 9.53. The van der Waals surface area contributed by atoms with Crippen molar-refractivity contribution < 1.29 is 9.21 Å². The molecule has 2 aliphatic rings. The first-order valence-electron chi connectivity index (χ1n) is 11.0. The van der Waals surface area contributed by atoms with Gasteiger partial charge >= 0.3 is 6.01 Å². The van der Waals surface area contributed by atoms with E-state index in [1.54, 1.807) is 0 Å². The fourth-order valence-corrected chi connectivity index (χ4v) is 5.43. The number of nitrogens with one attached hydrogen (secondary N) is 2. The highest BCUT2D eigenvalue weighted by Crippen LogP contribution is 2.38. The molecule has 2 atom stereocenters. The Balaban J connectivity index is 1.34. The summed E-state index contributed by atoms with van der Waals surface area (Å²) in [5.74, 6) is 2.14. The average molecular weight is 429 g/mol. The van der Waals surface area contributed by atoms with Crippen LogP contribution >= 0.6 is 11.9 Å². The topological polar surface area (TPSA) is 70.4 Å². The van der Waals surface area contributed by atoms with Crippen molar-refractivity contribution in [1.29, 1.82) is 0 Å². The van der Waals surface area contributed by atoms with Gasteiger partial charge in [0.15, 0.2) is 0 Å². The van der Waals surface area contributed by atoms with Gasteiger partial charge in [0.05, 0.1) is 11.7 Å². The molecule has 1 aliphatic heterocycles. The van der Waals surface area contributed by atoms with Crippen LogP contribution < -0.4 is 10.0 Å². The molecule has 4 rings (SSSR count). The standard InChI is InChI=1S/C23H32N4O2S/c1-15-16(2)29-23(24-15)26-30-19-11-9-18(10-12-19)25-22(28)21-20(13-14-27(21)3)17-7-5-4-6-8-17/h9-12,17,20-21H,4-8,13-14H2,1-3H3,(H,24,26)(H,25,28). The van der Waals surface area contributed by atoms with Crippen LogP contribution in [0, 0.1) is 25.7 Å². The van der Waals surface area contributed by atoms with Crippen LogP contribution in [0.25, 0.3) is 0 Å². The van der Waals surface area contributed by atoms with Crippen molar-refractivity contribution >= 4 is 29.6 Å². The lowest BCUT2D eigenvalue weighted by Gasteiger charge is -2.32. The number of carbonyl (C=O) groups is 1. The Hall–Kier alpha value is -1.99. The number of oxazole rings is 1. The number of hydrogen-bond donors (Lipinski definition) is 2. The third-order valence-electron chi connectivity index (χ3n) is 6.63. The minimum absolute atomic E-state index is 0.0136. The number of benzene rings is 1. The molecule has 2 heterocycles. The van der Waals surface area contributed by atoms with Gasteiger partial charge in [-0.05, 0) is 81.9 Å². The number of amides is 1. The van der Waals surface area contributed by atoms with Crippen molar-refractivity contribution in [1.82, 2.24) is 9.88 Å². The normalized spacial score (nSPS) is 22.9. The SMILES string of the molecule is Cc1nc(NSc2ccc(NC(=O)C3C(C4CCCCC4)CCN3C)cc2)oc1C. The number of rotatable bonds is 6. The summed E-state index contributed by atoms with van der Waals surface area (Å²) >= 11 is 1.44. The van der Waals surface area contributed by atoms with Gasteiger partial charge in [0.25, 0.3) is 0 Å². The molecule has 2 unspecified atom stereocenters. The van der Waals surface area contributed by atoms with Crippen molar-refractivity contribution in [2.75, 3.05) is 23.6 Å². The van der Waals surface area contributed by atoms with Crippen molar-refractivity contribution in [3.05, 3.63) is 35.7 Å². The Kier molecular flexibility index (Phi) is 6.68. The number of likely N-dealkylation sites (tertiary alicyclic amines) is 1. The van der Waals surface area contributed by atoms with Crippen LogP contribution in [-0.4, -0.2) is 35.4 Å². The number of carbonyl (C=O) groups excluding carboxylic acids is 1. The summed E-state index contributed by atoms with van der Waals surface area (Å²) < 4.78 is 8.66. The molecule has 162 valence electrons. The molecule has 1 aromatic heterocycles. The van der Waals surface area contributed by atoms with Crippen LogP contribution in [0.2, 0.25) is 0 Å². The summed E-state index contributed by atoms with van der Waals surface area (Å²) in [6, 6.07) is 8.39. The van der Waals surface area contributed by atoms with E-state index in [-0.39, 0.29) is 11.9 Å². The molecular formula is C23H32N4O2S. The summed E-state index contributed by atoms with van der Waals surface area (Å²) in [5.41, 5.74) is 1.73. The molecule has 1 saturated heterocycles. The van der Waals surface area contributed by atoms with Crippen molar-refractivity contribution in [3.8, 4) is 0 Å². The first kappa shape index (κ1) is 21.2. The van der Waals surface area contributed by atoms with E-state index in [1.165, 1.54) is 44.1 Å². The Bertz CT molecular complexity index is 841. The summed E-state index contributed by atoms with van der Waals surface area (Å²) in [5, 5.41) is 3.15. The second-order valence-electron chi connectivity index (χ2n) is 8.65. The Morgan fingerprint density at radius 2 is 1.87 bits per heavy atom. The number of anilines is 2. The van der Waals surface area contributed by atoms with Gasteiger partial charge in [-0.15, -0.1) is 0 Å². The zero-order valence-electron chi connectivity index (χ0n) is 18.1. The van der Waals surface area contributed by atoms with Crippen LogP contribution in [-0.2, 0) is 4.79 Å². The van der Waals surface area contributed by atoms with Gasteiger partial charge in [0.2, 0.25) is 5.91 Å². The van der Waals surface area contributed by atoms with Crippen molar-refractivity contribution in [2.24, 2.45) is 11.8 Å². The second kappa shape index (κ2) is 9.43.